The van der Waals surface area contributed by atoms with E-state index in [1.54, 1.807) is 0 Å². The highest BCUT2D eigenvalue weighted by Crippen LogP contribution is 2.25. The topological polar surface area (TPSA) is 55.6 Å². The molecule has 1 fully saturated rings. The van der Waals surface area contributed by atoms with Crippen LogP contribution in [0.25, 0.3) is 0 Å². The van der Waals surface area contributed by atoms with E-state index >= 15 is 0 Å². The van der Waals surface area contributed by atoms with Crippen LogP contribution in [0.3, 0.4) is 0 Å². The van der Waals surface area contributed by atoms with Gasteiger partial charge in [0.05, 0.1) is 6.10 Å². The first-order valence-corrected chi connectivity index (χ1v) is 7.78. The van der Waals surface area contributed by atoms with Crippen molar-refractivity contribution >= 4 is 27.5 Å². The number of likely N-dealkylation sites (tertiary alicyclic amines) is 1. The lowest BCUT2D eigenvalue weighted by Crippen LogP contribution is -2.43. The zero-order chi connectivity index (χ0) is 14.7. The van der Waals surface area contributed by atoms with Crippen molar-refractivity contribution in [2.24, 2.45) is 0 Å². The molecule has 4 nitrogen and oxygen atoms in total. The molecular weight excluding hydrogens is 320 g/mol. The quantitative estimate of drug-likeness (QED) is 0.860. The number of anilines is 1. The van der Waals surface area contributed by atoms with Gasteiger partial charge in [0.1, 0.15) is 0 Å². The third-order valence-electron chi connectivity index (χ3n) is 3.71. The molecule has 1 unspecified atom stereocenters. The second-order valence-electron chi connectivity index (χ2n) is 5.14. The predicted octanol–water partition coefficient (Wildman–Crippen LogP) is 2.98. The summed E-state index contributed by atoms with van der Waals surface area (Å²) in [5.74, 6) is 0.0416. The molecule has 1 saturated heterocycles. The van der Waals surface area contributed by atoms with Gasteiger partial charge in [-0.05, 0) is 44.4 Å². The van der Waals surface area contributed by atoms with E-state index in [0.717, 1.165) is 29.4 Å². The second kappa shape index (κ2) is 6.59. The van der Waals surface area contributed by atoms with E-state index in [-0.39, 0.29) is 12.0 Å². The number of nitrogen functional groups attached to an aromatic ring is 1. The van der Waals surface area contributed by atoms with Gasteiger partial charge in [-0.1, -0.05) is 15.9 Å². The first kappa shape index (κ1) is 15.3. The van der Waals surface area contributed by atoms with Crippen LogP contribution < -0.4 is 5.73 Å². The summed E-state index contributed by atoms with van der Waals surface area (Å²) in [5.41, 5.74) is 8.10. The van der Waals surface area contributed by atoms with Crippen molar-refractivity contribution in [1.29, 1.82) is 0 Å². The molecule has 1 aliphatic heterocycles. The van der Waals surface area contributed by atoms with E-state index in [2.05, 4.69) is 15.9 Å². The second-order valence-corrected chi connectivity index (χ2v) is 6.05. The van der Waals surface area contributed by atoms with Crippen LogP contribution in [0.1, 0.15) is 35.7 Å². The maximum absolute atomic E-state index is 12.7. The molecule has 20 heavy (non-hydrogen) atoms. The number of carbonyl (C=O) groups is 1. The van der Waals surface area contributed by atoms with Gasteiger partial charge < -0.3 is 15.4 Å². The molecule has 110 valence electrons. The van der Waals surface area contributed by atoms with Crippen molar-refractivity contribution in [1.82, 2.24) is 4.90 Å². The number of hydrogen-bond acceptors (Lipinski definition) is 3. The third kappa shape index (κ3) is 3.33. The van der Waals surface area contributed by atoms with Gasteiger partial charge in [-0.25, -0.2) is 0 Å². The number of piperidine rings is 1. The molecule has 0 bridgehead atoms. The summed E-state index contributed by atoms with van der Waals surface area (Å²) in [7, 11) is 0. The Morgan fingerprint density at radius 1 is 1.55 bits per heavy atom. The highest BCUT2D eigenvalue weighted by molar-refractivity contribution is 9.10. The van der Waals surface area contributed by atoms with Crippen molar-refractivity contribution in [2.45, 2.75) is 32.8 Å². The fourth-order valence-electron chi connectivity index (χ4n) is 2.59. The summed E-state index contributed by atoms with van der Waals surface area (Å²) in [4.78, 5) is 14.5. The van der Waals surface area contributed by atoms with Crippen molar-refractivity contribution in [3.8, 4) is 0 Å². The first-order valence-electron chi connectivity index (χ1n) is 6.99. The maximum atomic E-state index is 12.7. The van der Waals surface area contributed by atoms with Gasteiger partial charge in [-0.2, -0.15) is 0 Å². The van der Waals surface area contributed by atoms with Crippen LogP contribution in [-0.4, -0.2) is 36.6 Å². The molecule has 1 aromatic carbocycles. The molecule has 0 saturated carbocycles. The minimum Gasteiger partial charge on any atom is -0.398 e. The molecule has 1 aromatic rings. The van der Waals surface area contributed by atoms with Gasteiger partial charge in [0, 0.05) is 35.4 Å². The third-order valence-corrected chi connectivity index (χ3v) is 4.17. The predicted molar refractivity (Wildman–Crippen MR) is 83.8 cm³/mol. The SMILES string of the molecule is CCOC1CCCN(C(=O)c2cc(Br)cc(N)c2C)C1. The number of rotatable bonds is 3. The number of amides is 1. The molecule has 0 radical (unpaired) electrons. The van der Waals surface area contributed by atoms with E-state index in [0.29, 0.717) is 24.4 Å². The lowest BCUT2D eigenvalue weighted by Gasteiger charge is -2.33. The zero-order valence-corrected chi connectivity index (χ0v) is 13.6. The minimum atomic E-state index is 0.0416. The van der Waals surface area contributed by atoms with Crippen LogP contribution in [0.2, 0.25) is 0 Å². The summed E-state index contributed by atoms with van der Waals surface area (Å²) in [6.45, 7) is 6.02. The van der Waals surface area contributed by atoms with E-state index in [9.17, 15) is 4.79 Å². The fourth-order valence-corrected chi connectivity index (χ4v) is 3.06. The Morgan fingerprint density at radius 3 is 3.00 bits per heavy atom. The highest BCUT2D eigenvalue weighted by atomic mass is 79.9. The Morgan fingerprint density at radius 2 is 2.30 bits per heavy atom. The molecule has 1 atom stereocenters. The van der Waals surface area contributed by atoms with Crippen LogP contribution in [0.5, 0.6) is 0 Å². The molecule has 0 spiro atoms. The largest absolute Gasteiger partial charge is 0.398 e. The van der Waals surface area contributed by atoms with Crippen LogP contribution in [-0.2, 0) is 4.74 Å². The minimum absolute atomic E-state index is 0.0416. The zero-order valence-electron chi connectivity index (χ0n) is 12.0. The highest BCUT2D eigenvalue weighted by Gasteiger charge is 2.26. The van der Waals surface area contributed by atoms with Crippen LogP contribution >= 0.6 is 15.9 Å². The number of carbonyl (C=O) groups excluding carboxylic acids is 1. The lowest BCUT2D eigenvalue weighted by molar-refractivity contribution is 0.00721. The Kier molecular flexibility index (Phi) is 5.05. The Balaban J connectivity index is 2.19. The van der Waals surface area contributed by atoms with E-state index in [1.165, 1.54) is 0 Å². The van der Waals surface area contributed by atoms with Gasteiger partial charge in [0.15, 0.2) is 0 Å². The van der Waals surface area contributed by atoms with Crippen molar-refractivity contribution in [2.75, 3.05) is 25.4 Å². The molecule has 1 heterocycles. The number of hydrogen-bond donors (Lipinski definition) is 1. The Labute approximate surface area is 128 Å². The van der Waals surface area contributed by atoms with E-state index < -0.39 is 0 Å². The summed E-state index contributed by atoms with van der Waals surface area (Å²) in [5, 5.41) is 0. The van der Waals surface area contributed by atoms with E-state index in [4.69, 9.17) is 10.5 Å². The van der Waals surface area contributed by atoms with Crippen LogP contribution in [0, 0.1) is 6.92 Å². The van der Waals surface area contributed by atoms with Crippen molar-refractivity contribution in [3.63, 3.8) is 0 Å². The van der Waals surface area contributed by atoms with Gasteiger partial charge in [0.2, 0.25) is 0 Å². The van der Waals surface area contributed by atoms with Gasteiger partial charge >= 0.3 is 0 Å². The van der Waals surface area contributed by atoms with Crippen LogP contribution in [0.4, 0.5) is 5.69 Å². The standard InChI is InChI=1S/C15H21BrN2O2/c1-3-20-12-5-4-6-18(9-12)15(19)13-7-11(16)8-14(17)10(13)2/h7-8,12H,3-6,9,17H2,1-2H3. The van der Waals surface area contributed by atoms with Crippen molar-refractivity contribution in [3.05, 3.63) is 27.7 Å². The van der Waals surface area contributed by atoms with Crippen molar-refractivity contribution < 1.29 is 9.53 Å². The number of nitrogens with zero attached hydrogens (tertiary/aromatic N) is 1. The molecule has 1 amide bonds. The molecule has 2 rings (SSSR count). The molecule has 0 aliphatic carbocycles. The molecule has 2 N–H and O–H groups in total. The molecule has 0 aromatic heterocycles. The smallest absolute Gasteiger partial charge is 0.254 e. The molecular formula is C15H21BrN2O2. The Bertz CT molecular complexity index is 503. The normalized spacial score (nSPS) is 19.1. The summed E-state index contributed by atoms with van der Waals surface area (Å²) >= 11 is 3.40. The number of halogens is 1. The van der Waals surface area contributed by atoms with Gasteiger partial charge in [-0.3, -0.25) is 4.79 Å². The average molecular weight is 341 g/mol. The number of ether oxygens (including phenoxy) is 1. The van der Waals surface area contributed by atoms with E-state index in [1.807, 2.05) is 30.9 Å². The Hall–Kier alpha value is -1.07. The maximum Gasteiger partial charge on any atom is 0.254 e. The summed E-state index contributed by atoms with van der Waals surface area (Å²) < 4.78 is 6.48. The number of nitrogens with two attached hydrogens (primary N) is 1. The molecule has 1 aliphatic rings. The van der Waals surface area contributed by atoms with Gasteiger partial charge in [-0.15, -0.1) is 0 Å². The summed E-state index contributed by atoms with van der Waals surface area (Å²) in [6.07, 6.45) is 2.17. The summed E-state index contributed by atoms with van der Waals surface area (Å²) in [6, 6.07) is 3.67. The first-order chi connectivity index (χ1) is 9.52. The monoisotopic (exact) mass is 340 g/mol. The lowest BCUT2D eigenvalue weighted by atomic mass is 10.0. The van der Waals surface area contributed by atoms with Crippen LogP contribution in [0.15, 0.2) is 16.6 Å². The molecule has 5 heteroatoms. The average Bonchev–Trinajstić information content (AvgIpc) is 2.43. The van der Waals surface area contributed by atoms with Gasteiger partial charge in [0.25, 0.3) is 5.91 Å². The number of benzene rings is 1. The fraction of sp³-hybridized carbons (Fsp3) is 0.533.